The number of aryl methyl sites for hydroxylation is 4. The fraction of sp³-hybridized carbons (Fsp3) is 0.250. The zero-order valence-electron chi connectivity index (χ0n) is 23.8. The molecule has 10 heteroatoms. The molecule has 218 valence electrons. The minimum atomic E-state index is -4.07. The van der Waals surface area contributed by atoms with Crippen molar-refractivity contribution in [2.45, 2.75) is 51.5 Å². The van der Waals surface area contributed by atoms with E-state index in [4.69, 9.17) is 16.3 Å². The van der Waals surface area contributed by atoms with Crippen molar-refractivity contribution >= 4 is 38.4 Å². The van der Waals surface area contributed by atoms with Crippen LogP contribution in [0.3, 0.4) is 0 Å². The van der Waals surface area contributed by atoms with Crippen LogP contribution in [0.15, 0.2) is 77.8 Å². The van der Waals surface area contributed by atoms with Gasteiger partial charge in [0.05, 0.1) is 22.7 Å². The SMILES string of the molecule is CCCn1nccc1-c1cccc2c(CCCOc3cc(C)c(Cl)c(C)c3)c(C(=O)NS(=O)(=O)c3ccccc3)[nH]c12. The largest absolute Gasteiger partial charge is 0.494 e. The lowest BCUT2D eigenvalue weighted by Gasteiger charge is -2.11. The maximum absolute atomic E-state index is 13.6. The smallest absolute Gasteiger partial charge is 0.281 e. The number of rotatable bonds is 11. The molecule has 42 heavy (non-hydrogen) atoms. The Labute approximate surface area is 250 Å². The Morgan fingerprint density at radius 1 is 1.05 bits per heavy atom. The van der Waals surface area contributed by atoms with Gasteiger partial charge < -0.3 is 9.72 Å². The van der Waals surface area contributed by atoms with Crippen LogP contribution in [-0.2, 0) is 23.0 Å². The van der Waals surface area contributed by atoms with Crippen molar-refractivity contribution < 1.29 is 17.9 Å². The summed E-state index contributed by atoms with van der Waals surface area (Å²) in [5, 5.41) is 6.03. The fourth-order valence-electron chi connectivity index (χ4n) is 5.15. The maximum Gasteiger partial charge on any atom is 0.281 e. The van der Waals surface area contributed by atoms with Gasteiger partial charge in [-0.3, -0.25) is 9.48 Å². The minimum absolute atomic E-state index is 0.0159. The van der Waals surface area contributed by atoms with E-state index in [2.05, 4.69) is 21.7 Å². The van der Waals surface area contributed by atoms with Crippen LogP contribution in [0.2, 0.25) is 5.02 Å². The first kappa shape index (κ1) is 29.4. The molecule has 3 aromatic carbocycles. The summed E-state index contributed by atoms with van der Waals surface area (Å²) in [6.45, 7) is 7.11. The zero-order valence-corrected chi connectivity index (χ0v) is 25.3. The highest BCUT2D eigenvalue weighted by Gasteiger charge is 2.25. The van der Waals surface area contributed by atoms with E-state index in [1.165, 1.54) is 12.1 Å². The van der Waals surface area contributed by atoms with Gasteiger partial charge in [0.1, 0.15) is 11.4 Å². The summed E-state index contributed by atoms with van der Waals surface area (Å²) in [5.41, 5.74) is 5.35. The molecule has 5 aromatic rings. The molecule has 2 heterocycles. The molecule has 0 saturated carbocycles. The Hall–Kier alpha value is -4.08. The minimum Gasteiger partial charge on any atom is -0.494 e. The number of carbonyl (C=O) groups excluding carboxylic acids is 1. The van der Waals surface area contributed by atoms with E-state index in [0.29, 0.717) is 19.4 Å². The second-order valence-electron chi connectivity index (χ2n) is 10.2. The van der Waals surface area contributed by atoms with Crippen LogP contribution in [0.5, 0.6) is 5.75 Å². The molecule has 0 saturated heterocycles. The predicted molar refractivity (Wildman–Crippen MR) is 166 cm³/mol. The van der Waals surface area contributed by atoms with E-state index in [-0.39, 0.29) is 10.6 Å². The van der Waals surface area contributed by atoms with Gasteiger partial charge in [0.25, 0.3) is 15.9 Å². The lowest BCUT2D eigenvalue weighted by molar-refractivity contribution is 0.0976. The average Bonchev–Trinajstić information content (AvgIpc) is 3.59. The molecule has 0 atom stereocenters. The fourth-order valence-corrected chi connectivity index (χ4v) is 6.24. The molecular weight excluding hydrogens is 572 g/mol. The molecule has 0 spiro atoms. The van der Waals surface area contributed by atoms with Gasteiger partial charge in [-0.2, -0.15) is 5.10 Å². The molecule has 8 nitrogen and oxygen atoms in total. The number of ether oxygens (including phenoxy) is 1. The van der Waals surface area contributed by atoms with Crippen LogP contribution in [0.25, 0.3) is 22.2 Å². The predicted octanol–water partition coefficient (Wildman–Crippen LogP) is 6.84. The van der Waals surface area contributed by atoms with Gasteiger partial charge in [-0.05, 0) is 80.1 Å². The second kappa shape index (κ2) is 12.4. The van der Waals surface area contributed by atoms with Crippen LogP contribution in [0.1, 0.15) is 46.9 Å². The number of nitrogens with one attached hydrogen (secondary N) is 2. The standard InChI is InChI=1S/C32H33ClN4O4S/c1-4-17-37-28(15-16-34-37)27-13-8-12-25-26(14-9-18-41-23-19-21(2)29(33)22(3)20-23)31(35-30(25)27)32(38)36-42(39,40)24-10-6-5-7-11-24/h5-8,10-13,15-16,19-20,35H,4,9,14,17-18H2,1-3H3,(H,36,38). The van der Waals surface area contributed by atoms with Crippen molar-refractivity contribution in [1.29, 1.82) is 0 Å². The highest BCUT2D eigenvalue weighted by atomic mass is 35.5. The van der Waals surface area contributed by atoms with Gasteiger partial charge >= 0.3 is 0 Å². The third kappa shape index (κ3) is 6.07. The van der Waals surface area contributed by atoms with Gasteiger partial charge in [-0.15, -0.1) is 0 Å². The Balaban J connectivity index is 1.48. The lowest BCUT2D eigenvalue weighted by Crippen LogP contribution is -2.31. The first-order chi connectivity index (χ1) is 20.2. The zero-order chi connectivity index (χ0) is 29.9. The van der Waals surface area contributed by atoms with E-state index in [1.807, 2.05) is 54.9 Å². The number of nitrogens with zero attached hydrogens (tertiary/aromatic N) is 2. The Morgan fingerprint density at radius 3 is 2.50 bits per heavy atom. The van der Waals surface area contributed by atoms with Crippen molar-refractivity contribution in [3.05, 3.63) is 100 Å². The number of amides is 1. The molecule has 5 rings (SSSR count). The number of halogens is 1. The highest BCUT2D eigenvalue weighted by Crippen LogP contribution is 2.33. The number of para-hydroxylation sites is 1. The van der Waals surface area contributed by atoms with Crippen LogP contribution in [0, 0.1) is 13.8 Å². The van der Waals surface area contributed by atoms with Crippen LogP contribution in [0.4, 0.5) is 0 Å². The summed E-state index contributed by atoms with van der Waals surface area (Å²) < 4.78 is 36.2. The van der Waals surface area contributed by atoms with E-state index >= 15 is 0 Å². The summed E-state index contributed by atoms with van der Waals surface area (Å²) in [5.74, 6) is 0.00894. The topological polar surface area (TPSA) is 106 Å². The van der Waals surface area contributed by atoms with Crippen LogP contribution in [-0.4, -0.2) is 35.7 Å². The Bertz CT molecular complexity index is 1820. The Morgan fingerprint density at radius 2 is 1.79 bits per heavy atom. The van der Waals surface area contributed by atoms with Crippen molar-refractivity contribution in [1.82, 2.24) is 19.5 Å². The van der Waals surface area contributed by atoms with Crippen LogP contribution >= 0.6 is 11.6 Å². The lowest BCUT2D eigenvalue weighted by atomic mass is 10.0. The maximum atomic E-state index is 13.6. The molecule has 0 aliphatic carbocycles. The van der Waals surface area contributed by atoms with Gasteiger partial charge in [0, 0.05) is 28.7 Å². The number of aromatic amines is 1. The summed E-state index contributed by atoms with van der Waals surface area (Å²) in [6.07, 6.45) is 3.75. The molecule has 0 aliphatic heterocycles. The molecular formula is C32H33ClN4O4S. The van der Waals surface area contributed by atoms with E-state index < -0.39 is 15.9 Å². The third-order valence-corrected chi connectivity index (χ3v) is 9.07. The number of fused-ring (bicyclic) bond motifs is 1. The van der Waals surface area contributed by atoms with Crippen molar-refractivity contribution in [2.75, 3.05) is 6.61 Å². The average molecular weight is 605 g/mol. The molecule has 0 bridgehead atoms. The first-order valence-corrected chi connectivity index (χ1v) is 15.7. The number of aromatic nitrogens is 3. The number of H-pyrrole nitrogens is 1. The molecule has 0 radical (unpaired) electrons. The number of benzene rings is 3. The summed E-state index contributed by atoms with van der Waals surface area (Å²) in [4.78, 5) is 16.9. The number of hydrogen-bond acceptors (Lipinski definition) is 5. The third-order valence-electron chi connectivity index (χ3n) is 7.13. The number of hydrogen-bond donors (Lipinski definition) is 2. The van der Waals surface area contributed by atoms with Gasteiger partial charge in [0.2, 0.25) is 0 Å². The summed E-state index contributed by atoms with van der Waals surface area (Å²) >= 11 is 6.30. The molecule has 0 fully saturated rings. The monoisotopic (exact) mass is 604 g/mol. The molecule has 1 amide bonds. The quantitative estimate of drug-likeness (QED) is 0.161. The van der Waals surface area contributed by atoms with E-state index in [9.17, 15) is 13.2 Å². The van der Waals surface area contributed by atoms with Gasteiger partial charge in [-0.25, -0.2) is 13.1 Å². The summed E-state index contributed by atoms with van der Waals surface area (Å²) in [7, 11) is -4.07. The van der Waals surface area contributed by atoms with Crippen molar-refractivity contribution in [3.8, 4) is 17.0 Å². The van der Waals surface area contributed by atoms with E-state index in [0.717, 1.165) is 62.6 Å². The number of sulfonamides is 1. The number of carbonyl (C=O) groups is 1. The van der Waals surface area contributed by atoms with Gasteiger partial charge in [0.15, 0.2) is 0 Å². The van der Waals surface area contributed by atoms with E-state index in [1.54, 1.807) is 24.4 Å². The summed E-state index contributed by atoms with van der Waals surface area (Å²) in [6, 6.07) is 19.5. The van der Waals surface area contributed by atoms with Crippen molar-refractivity contribution in [2.24, 2.45) is 0 Å². The normalized spacial score (nSPS) is 11.6. The molecule has 2 aromatic heterocycles. The van der Waals surface area contributed by atoms with Crippen LogP contribution < -0.4 is 9.46 Å². The molecule has 0 unspecified atom stereocenters. The second-order valence-corrected chi connectivity index (χ2v) is 12.3. The highest BCUT2D eigenvalue weighted by molar-refractivity contribution is 7.90. The Kier molecular flexibility index (Phi) is 8.70. The van der Waals surface area contributed by atoms with Gasteiger partial charge in [-0.1, -0.05) is 54.9 Å². The van der Waals surface area contributed by atoms with Crippen molar-refractivity contribution in [3.63, 3.8) is 0 Å². The molecule has 2 N–H and O–H groups in total. The first-order valence-electron chi connectivity index (χ1n) is 13.9. The molecule has 0 aliphatic rings.